The first-order chi connectivity index (χ1) is 10.8. The maximum Gasteiger partial charge on any atom is 0.250 e. The van der Waals surface area contributed by atoms with E-state index in [1.165, 1.54) is 0 Å². The number of nitrogens with one attached hydrogen (secondary N) is 1. The maximum absolute atomic E-state index is 5.95. The number of hydrogen-bond acceptors (Lipinski definition) is 3. The van der Waals surface area contributed by atoms with Crippen molar-refractivity contribution in [3.8, 4) is 0 Å². The Morgan fingerprint density at radius 3 is 2.39 bits per heavy atom. The Morgan fingerprint density at radius 1 is 0.957 bits per heavy atom. The van der Waals surface area contributed by atoms with Crippen LogP contribution in [0.5, 0.6) is 0 Å². The number of nitrogens with zero attached hydrogens (tertiary/aromatic N) is 2. The van der Waals surface area contributed by atoms with Gasteiger partial charge in [-0.2, -0.15) is 0 Å². The fourth-order valence-corrected chi connectivity index (χ4v) is 3.42. The first-order valence-electron chi connectivity index (χ1n) is 6.40. The van der Waals surface area contributed by atoms with Crippen molar-refractivity contribution in [3.05, 3.63) is 57.2 Å². The highest BCUT2D eigenvalue weighted by Crippen LogP contribution is 2.38. The van der Waals surface area contributed by atoms with Crippen LogP contribution in [0.3, 0.4) is 0 Å². The lowest BCUT2D eigenvalue weighted by Gasteiger charge is -2.15. The number of hydrogen-bond donors (Lipinski definition) is 1. The lowest BCUT2D eigenvalue weighted by molar-refractivity contribution is 0.999. The van der Waals surface area contributed by atoms with Gasteiger partial charge in [0.15, 0.2) is 5.82 Å². The summed E-state index contributed by atoms with van der Waals surface area (Å²) in [6.45, 7) is 0. The zero-order valence-electron chi connectivity index (χ0n) is 11.3. The standard InChI is InChI=1S/C15H8Br2Cl3N3/c16-8-5-6-12(10(17)7-8)21-13-9-3-1-2-4-11(9)22-14(23-13)15(18,19)20/h1-7H,(H,21,22,23). The van der Waals surface area contributed by atoms with Crippen LogP contribution in [0.4, 0.5) is 11.5 Å². The van der Waals surface area contributed by atoms with Gasteiger partial charge in [-0.1, -0.05) is 62.9 Å². The second-order valence-corrected chi connectivity index (χ2v) is 8.71. The minimum atomic E-state index is -1.70. The highest BCUT2D eigenvalue weighted by atomic mass is 79.9. The van der Waals surface area contributed by atoms with E-state index in [1.54, 1.807) is 0 Å². The van der Waals surface area contributed by atoms with Crippen LogP contribution < -0.4 is 5.32 Å². The van der Waals surface area contributed by atoms with Gasteiger partial charge in [0.25, 0.3) is 0 Å². The van der Waals surface area contributed by atoms with Crippen LogP contribution in [0.2, 0.25) is 0 Å². The average molecular weight is 496 g/mol. The highest BCUT2D eigenvalue weighted by Gasteiger charge is 2.28. The maximum atomic E-state index is 5.95. The number of alkyl halides is 3. The third-order valence-electron chi connectivity index (χ3n) is 3.04. The van der Waals surface area contributed by atoms with Crippen LogP contribution in [0.15, 0.2) is 51.4 Å². The summed E-state index contributed by atoms with van der Waals surface area (Å²) in [5, 5.41) is 4.09. The number of benzene rings is 2. The number of rotatable bonds is 2. The van der Waals surface area contributed by atoms with E-state index in [2.05, 4.69) is 47.1 Å². The third kappa shape index (κ3) is 3.91. The summed E-state index contributed by atoms with van der Waals surface area (Å²) in [5.41, 5.74) is 1.53. The molecule has 1 heterocycles. The fraction of sp³-hybridized carbons (Fsp3) is 0.0667. The summed E-state index contributed by atoms with van der Waals surface area (Å²) in [5.74, 6) is 0.692. The molecule has 1 N–H and O–H groups in total. The molecule has 0 amide bonds. The molecule has 0 fully saturated rings. The van der Waals surface area contributed by atoms with Gasteiger partial charge in [0, 0.05) is 14.3 Å². The predicted molar refractivity (Wildman–Crippen MR) is 104 cm³/mol. The van der Waals surface area contributed by atoms with Crippen LogP contribution in [-0.2, 0) is 3.79 Å². The first-order valence-corrected chi connectivity index (χ1v) is 9.12. The molecule has 3 aromatic rings. The molecule has 0 bridgehead atoms. The van der Waals surface area contributed by atoms with E-state index >= 15 is 0 Å². The van der Waals surface area contributed by atoms with Crippen molar-refractivity contribution in [2.24, 2.45) is 0 Å². The van der Waals surface area contributed by atoms with E-state index in [0.29, 0.717) is 11.3 Å². The topological polar surface area (TPSA) is 37.8 Å². The summed E-state index contributed by atoms with van der Waals surface area (Å²) in [6.07, 6.45) is 0. The summed E-state index contributed by atoms with van der Waals surface area (Å²) in [6, 6.07) is 13.3. The molecule has 0 unspecified atom stereocenters. The van der Waals surface area contributed by atoms with Gasteiger partial charge in [0.1, 0.15) is 5.82 Å². The zero-order valence-corrected chi connectivity index (χ0v) is 16.8. The van der Waals surface area contributed by atoms with E-state index in [-0.39, 0.29) is 5.82 Å². The molecule has 118 valence electrons. The average Bonchev–Trinajstić information content (AvgIpc) is 2.49. The molecular formula is C15H8Br2Cl3N3. The summed E-state index contributed by atoms with van der Waals surface area (Å²) >= 11 is 24.8. The van der Waals surface area contributed by atoms with E-state index in [9.17, 15) is 0 Å². The monoisotopic (exact) mass is 493 g/mol. The lowest BCUT2D eigenvalue weighted by atomic mass is 10.2. The normalized spacial score (nSPS) is 11.7. The Labute approximate surface area is 164 Å². The van der Waals surface area contributed by atoms with Gasteiger partial charge in [-0.05, 0) is 46.3 Å². The SMILES string of the molecule is ClC(Cl)(Cl)c1nc(Nc2ccc(Br)cc2Br)c2ccccc2n1. The number of anilines is 2. The van der Waals surface area contributed by atoms with E-state index < -0.39 is 3.79 Å². The minimum absolute atomic E-state index is 0.122. The molecule has 0 atom stereocenters. The molecule has 0 radical (unpaired) electrons. The van der Waals surface area contributed by atoms with Gasteiger partial charge in [-0.3, -0.25) is 0 Å². The van der Waals surface area contributed by atoms with Crippen molar-refractivity contribution in [2.45, 2.75) is 3.79 Å². The number of para-hydroxylation sites is 1. The van der Waals surface area contributed by atoms with Crippen molar-refractivity contribution in [1.82, 2.24) is 9.97 Å². The Kier molecular flexibility index (Phi) is 5.04. The van der Waals surface area contributed by atoms with Crippen LogP contribution in [0, 0.1) is 0 Å². The van der Waals surface area contributed by atoms with Crippen LogP contribution >= 0.6 is 66.7 Å². The van der Waals surface area contributed by atoms with Crippen molar-refractivity contribution < 1.29 is 0 Å². The molecule has 0 saturated carbocycles. The van der Waals surface area contributed by atoms with Crippen molar-refractivity contribution >= 4 is 89.1 Å². The lowest BCUT2D eigenvalue weighted by Crippen LogP contribution is -2.09. The predicted octanol–water partition coefficient (Wildman–Crippen LogP) is 6.73. The Balaban J connectivity index is 2.15. The Morgan fingerprint density at radius 2 is 1.70 bits per heavy atom. The largest absolute Gasteiger partial charge is 0.339 e. The van der Waals surface area contributed by atoms with Gasteiger partial charge < -0.3 is 5.32 Å². The number of fused-ring (bicyclic) bond motifs is 1. The summed E-state index contributed by atoms with van der Waals surface area (Å²) in [7, 11) is 0. The van der Waals surface area contributed by atoms with E-state index in [1.807, 2.05) is 42.5 Å². The van der Waals surface area contributed by atoms with Crippen LogP contribution in [-0.4, -0.2) is 9.97 Å². The molecule has 23 heavy (non-hydrogen) atoms. The molecule has 3 nitrogen and oxygen atoms in total. The molecule has 0 saturated heterocycles. The summed E-state index contributed by atoms with van der Waals surface area (Å²) < 4.78 is 0.145. The molecule has 0 spiro atoms. The Hall–Kier alpha value is -0.590. The zero-order chi connectivity index (χ0) is 16.6. The molecular weight excluding hydrogens is 488 g/mol. The van der Waals surface area contributed by atoms with Crippen molar-refractivity contribution in [3.63, 3.8) is 0 Å². The molecule has 2 aromatic carbocycles. The van der Waals surface area contributed by atoms with Crippen molar-refractivity contribution in [2.75, 3.05) is 5.32 Å². The second kappa shape index (κ2) is 6.73. The van der Waals surface area contributed by atoms with Crippen LogP contribution in [0.1, 0.15) is 5.82 Å². The van der Waals surface area contributed by atoms with Gasteiger partial charge in [0.2, 0.25) is 3.79 Å². The third-order valence-corrected chi connectivity index (χ3v) is 4.70. The van der Waals surface area contributed by atoms with E-state index in [4.69, 9.17) is 34.8 Å². The van der Waals surface area contributed by atoms with Gasteiger partial charge in [0.05, 0.1) is 11.2 Å². The molecule has 8 heteroatoms. The van der Waals surface area contributed by atoms with Gasteiger partial charge >= 0.3 is 0 Å². The van der Waals surface area contributed by atoms with Crippen LogP contribution in [0.25, 0.3) is 10.9 Å². The Bertz CT molecular complexity index is 881. The fourth-order valence-electron chi connectivity index (χ4n) is 2.02. The molecule has 0 aliphatic rings. The van der Waals surface area contributed by atoms with E-state index in [0.717, 1.165) is 20.0 Å². The van der Waals surface area contributed by atoms with Crippen molar-refractivity contribution in [1.29, 1.82) is 0 Å². The molecule has 1 aromatic heterocycles. The molecule has 0 aliphatic carbocycles. The second-order valence-electron chi connectivity index (χ2n) is 4.66. The summed E-state index contributed by atoms with van der Waals surface area (Å²) in [4.78, 5) is 8.70. The minimum Gasteiger partial charge on any atom is -0.339 e. The molecule has 3 rings (SSSR count). The highest BCUT2D eigenvalue weighted by molar-refractivity contribution is 9.11. The first kappa shape index (κ1) is 17.2. The van der Waals surface area contributed by atoms with Gasteiger partial charge in [-0.15, -0.1) is 0 Å². The molecule has 0 aliphatic heterocycles. The van der Waals surface area contributed by atoms with Gasteiger partial charge in [-0.25, -0.2) is 9.97 Å². The quantitative estimate of drug-likeness (QED) is 0.400. The smallest absolute Gasteiger partial charge is 0.250 e. The number of halogens is 5. The number of aromatic nitrogens is 2.